The molecule has 2 fully saturated rings. The zero-order valence-electron chi connectivity index (χ0n) is 15.1. The quantitative estimate of drug-likeness (QED) is 0.766. The number of methoxy groups -OCH3 is 1. The number of hydrogen-bond acceptors (Lipinski definition) is 6. The minimum absolute atomic E-state index is 0.466. The van der Waals surface area contributed by atoms with Gasteiger partial charge in [0.1, 0.15) is 5.15 Å². The van der Waals surface area contributed by atoms with Gasteiger partial charge in [-0.1, -0.05) is 22.9 Å². The minimum Gasteiger partial charge on any atom is -0.383 e. The molecule has 0 N–H and O–H groups in total. The van der Waals surface area contributed by atoms with Gasteiger partial charge in [-0.15, -0.1) is 0 Å². The Labute approximate surface area is 154 Å². The molecule has 1 atom stereocenters. The van der Waals surface area contributed by atoms with Crippen LogP contribution in [0.3, 0.4) is 0 Å². The topological polar surface area (TPSA) is 31.8 Å². The maximum Gasteiger partial charge on any atom is 0.186 e. The van der Waals surface area contributed by atoms with Gasteiger partial charge in [0.15, 0.2) is 5.13 Å². The second-order valence-corrected chi connectivity index (χ2v) is 8.86. The van der Waals surface area contributed by atoms with Gasteiger partial charge in [0.05, 0.1) is 11.5 Å². The van der Waals surface area contributed by atoms with Gasteiger partial charge in [0, 0.05) is 47.4 Å². The Kier molecular flexibility index (Phi) is 6.03. The van der Waals surface area contributed by atoms with E-state index in [1.165, 1.54) is 50.3 Å². The molecule has 0 unspecified atom stereocenters. The summed E-state index contributed by atoms with van der Waals surface area (Å²) in [7, 11) is 5.82. The number of aromatic nitrogens is 1. The van der Waals surface area contributed by atoms with Gasteiger partial charge in [-0.05, 0) is 37.8 Å². The molecule has 0 bridgehead atoms. The monoisotopic (exact) mass is 372 g/mol. The standard InChI is InChI=1S/C17H29ClN4OS/c1-20(2)16-19-15(18)14(24-16)11-22-8-6-17(13-22)5-4-7-21(12-17)9-10-23-3/h4-13H2,1-3H3/t17-/m0/s1. The highest BCUT2D eigenvalue weighted by molar-refractivity contribution is 7.16. The molecule has 0 saturated carbocycles. The molecule has 24 heavy (non-hydrogen) atoms. The molecule has 136 valence electrons. The van der Waals surface area contributed by atoms with Crippen LogP contribution in [0, 0.1) is 5.41 Å². The van der Waals surface area contributed by atoms with Crippen molar-refractivity contribution in [3.63, 3.8) is 0 Å². The predicted octanol–water partition coefficient (Wildman–Crippen LogP) is 2.80. The number of halogens is 1. The molecule has 7 heteroatoms. The average molecular weight is 373 g/mol. The molecule has 1 spiro atoms. The summed E-state index contributed by atoms with van der Waals surface area (Å²) in [6, 6.07) is 0. The van der Waals surface area contributed by atoms with Crippen molar-refractivity contribution in [2.75, 3.05) is 65.4 Å². The van der Waals surface area contributed by atoms with Crippen molar-refractivity contribution < 1.29 is 4.74 Å². The van der Waals surface area contributed by atoms with Crippen LogP contribution in [0.4, 0.5) is 5.13 Å². The number of piperidine rings is 1. The van der Waals surface area contributed by atoms with Crippen LogP contribution in [-0.4, -0.2) is 75.3 Å². The SMILES string of the molecule is COCCN1CCC[C@]2(CCN(Cc3sc(N(C)C)nc3Cl)C2)C1. The first kappa shape index (κ1) is 18.4. The van der Waals surface area contributed by atoms with Gasteiger partial charge < -0.3 is 14.5 Å². The molecule has 1 aromatic rings. The molecule has 1 aromatic heterocycles. The second kappa shape index (κ2) is 7.87. The first-order valence-electron chi connectivity index (χ1n) is 8.77. The maximum atomic E-state index is 6.35. The predicted molar refractivity (Wildman–Crippen MR) is 101 cm³/mol. The Morgan fingerprint density at radius 2 is 2.04 bits per heavy atom. The summed E-state index contributed by atoms with van der Waals surface area (Å²) in [6.07, 6.45) is 3.96. The van der Waals surface area contributed by atoms with Crippen LogP contribution in [0.5, 0.6) is 0 Å². The van der Waals surface area contributed by atoms with E-state index >= 15 is 0 Å². The fourth-order valence-electron chi connectivity index (χ4n) is 4.03. The van der Waals surface area contributed by atoms with Crippen molar-refractivity contribution in [3.8, 4) is 0 Å². The molecule has 3 heterocycles. The Morgan fingerprint density at radius 1 is 1.25 bits per heavy atom. The number of hydrogen-bond donors (Lipinski definition) is 0. The summed E-state index contributed by atoms with van der Waals surface area (Å²) >= 11 is 8.06. The van der Waals surface area contributed by atoms with Crippen LogP contribution in [-0.2, 0) is 11.3 Å². The van der Waals surface area contributed by atoms with Crippen LogP contribution in [0.15, 0.2) is 0 Å². The number of rotatable bonds is 6. The van der Waals surface area contributed by atoms with Crippen LogP contribution in [0.2, 0.25) is 5.15 Å². The van der Waals surface area contributed by atoms with Crippen molar-refractivity contribution in [1.29, 1.82) is 0 Å². The third-order valence-corrected chi connectivity index (χ3v) is 6.89. The summed E-state index contributed by atoms with van der Waals surface area (Å²) in [4.78, 5) is 12.8. The minimum atomic E-state index is 0.466. The van der Waals surface area contributed by atoms with Crippen LogP contribution < -0.4 is 4.90 Å². The molecular formula is C17H29ClN4OS. The van der Waals surface area contributed by atoms with E-state index in [4.69, 9.17) is 16.3 Å². The highest BCUT2D eigenvalue weighted by atomic mass is 35.5. The van der Waals surface area contributed by atoms with Crippen LogP contribution in [0.1, 0.15) is 24.1 Å². The first-order chi connectivity index (χ1) is 11.5. The summed E-state index contributed by atoms with van der Waals surface area (Å²) < 4.78 is 5.25. The second-order valence-electron chi connectivity index (χ2n) is 7.44. The van der Waals surface area contributed by atoms with Gasteiger partial charge >= 0.3 is 0 Å². The number of thiazole rings is 1. The highest BCUT2D eigenvalue weighted by Crippen LogP contribution is 2.40. The third kappa shape index (κ3) is 4.22. The number of likely N-dealkylation sites (tertiary alicyclic amines) is 2. The van der Waals surface area contributed by atoms with E-state index in [1.807, 2.05) is 19.0 Å². The normalized spacial score (nSPS) is 25.7. The Hall–Kier alpha value is -0.400. The Morgan fingerprint density at radius 3 is 2.75 bits per heavy atom. The van der Waals surface area contributed by atoms with Crippen molar-refractivity contribution >= 4 is 28.1 Å². The Balaban J connectivity index is 1.58. The lowest BCUT2D eigenvalue weighted by molar-refractivity contribution is 0.0674. The fraction of sp³-hybridized carbons (Fsp3) is 0.824. The molecule has 3 rings (SSSR count). The maximum absolute atomic E-state index is 6.35. The van der Waals surface area contributed by atoms with E-state index < -0.39 is 0 Å². The van der Waals surface area contributed by atoms with E-state index in [2.05, 4.69) is 14.8 Å². The number of anilines is 1. The number of ether oxygens (including phenoxy) is 1. The lowest BCUT2D eigenvalue weighted by atomic mass is 9.79. The molecule has 2 aliphatic heterocycles. The van der Waals surface area contributed by atoms with E-state index in [0.29, 0.717) is 10.6 Å². The largest absolute Gasteiger partial charge is 0.383 e. The summed E-state index contributed by atoms with van der Waals surface area (Å²) in [5, 5.41) is 1.67. The van der Waals surface area contributed by atoms with E-state index in [0.717, 1.165) is 24.8 Å². The number of nitrogens with zero attached hydrogens (tertiary/aromatic N) is 4. The van der Waals surface area contributed by atoms with Crippen LogP contribution >= 0.6 is 22.9 Å². The zero-order chi connectivity index (χ0) is 17.2. The molecular weight excluding hydrogens is 344 g/mol. The van der Waals surface area contributed by atoms with Crippen molar-refractivity contribution in [2.24, 2.45) is 5.41 Å². The summed E-state index contributed by atoms with van der Waals surface area (Å²) in [5.41, 5.74) is 0.466. The highest BCUT2D eigenvalue weighted by Gasteiger charge is 2.41. The molecule has 0 radical (unpaired) electrons. The average Bonchev–Trinajstić information content (AvgIpc) is 3.10. The molecule has 5 nitrogen and oxygen atoms in total. The lowest BCUT2D eigenvalue weighted by Crippen LogP contribution is -2.45. The zero-order valence-corrected chi connectivity index (χ0v) is 16.6. The van der Waals surface area contributed by atoms with Crippen molar-refractivity contribution in [1.82, 2.24) is 14.8 Å². The van der Waals surface area contributed by atoms with Gasteiger partial charge in [0.2, 0.25) is 0 Å². The van der Waals surface area contributed by atoms with E-state index in [1.54, 1.807) is 18.4 Å². The summed E-state index contributed by atoms with van der Waals surface area (Å²) in [6.45, 7) is 7.62. The van der Waals surface area contributed by atoms with Crippen molar-refractivity contribution in [3.05, 3.63) is 10.0 Å². The molecule has 2 aliphatic rings. The first-order valence-corrected chi connectivity index (χ1v) is 9.97. The van der Waals surface area contributed by atoms with Gasteiger partial charge in [-0.3, -0.25) is 4.90 Å². The van der Waals surface area contributed by atoms with Gasteiger partial charge in [-0.25, -0.2) is 4.98 Å². The van der Waals surface area contributed by atoms with Gasteiger partial charge in [-0.2, -0.15) is 0 Å². The Bertz CT molecular complexity index is 553. The van der Waals surface area contributed by atoms with E-state index in [-0.39, 0.29) is 0 Å². The third-order valence-electron chi connectivity index (χ3n) is 5.26. The lowest BCUT2D eigenvalue weighted by Gasteiger charge is -2.40. The van der Waals surface area contributed by atoms with Gasteiger partial charge in [0.25, 0.3) is 0 Å². The van der Waals surface area contributed by atoms with Crippen molar-refractivity contribution in [2.45, 2.75) is 25.8 Å². The molecule has 0 aromatic carbocycles. The molecule has 0 aliphatic carbocycles. The molecule has 2 saturated heterocycles. The van der Waals surface area contributed by atoms with Crippen LogP contribution in [0.25, 0.3) is 0 Å². The molecule has 0 amide bonds. The summed E-state index contributed by atoms with van der Waals surface area (Å²) in [5.74, 6) is 0. The fourth-order valence-corrected chi connectivity index (χ4v) is 5.25. The smallest absolute Gasteiger partial charge is 0.186 e. The van der Waals surface area contributed by atoms with E-state index in [9.17, 15) is 0 Å².